The van der Waals surface area contributed by atoms with E-state index in [2.05, 4.69) is 36.4 Å². The molecule has 6 heteroatoms. The summed E-state index contributed by atoms with van der Waals surface area (Å²) in [5.41, 5.74) is 6.33. The monoisotopic (exact) mass is 613 g/mol. The molecule has 0 radical (unpaired) electrons. The Hall–Kier alpha value is -5.64. The maximum atomic E-state index is 14.1. The molecular formula is C40H28N3O2P. The van der Waals surface area contributed by atoms with Gasteiger partial charge in [0.2, 0.25) is 0 Å². The zero-order chi connectivity index (χ0) is 31.1. The average Bonchev–Trinajstić information content (AvgIpc) is 3.50. The lowest BCUT2D eigenvalue weighted by Gasteiger charge is -2.15. The fourth-order valence-electron chi connectivity index (χ4n) is 5.87. The highest BCUT2D eigenvalue weighted by Crippen LogP contribution is 2.40. The summed E-state index contributed by atoms with van der Waals surface area (Å²) >= 11 is 0. The van der Waals surface area contributed by atoms with Crippen molar-refractivity contribution in [2.24, 2.45) is 0 Å². The van der Waals surface area contributed by atoms with Crippen LogP contribution in [0.15, 0.2) is 156 Å². The highest BCUT2D eigenvalue weighted by atomic mass is 31.2. The number of benzene rings is 6. The van der Waals surface area contributed by atoms with Crippen LogP contribution in [0.1, 0.15) is 0 Å². The molecule has 46 heavy (non-hydrogen) atoms. The van der Waals surface area contributed by atoms with Gasteiger partial charge in [0.1, 0.15) is 18.3 Å². The summed E-state index contributed by atoms with van der Waals surface area (Å²) in [6.45, 7) is 1.81. The normalized spacial score (nSPS) is 12.7. The molecule has 6 aromatic carbocycles. The fraction of sp³-hybridized carbons (Fsp3) is 0.0250. The molecule has 2 aromatic heterocycles. The first kappa shape index (κ1) is 27.9. The topological polar surface area (TPSA) is 68.9 Å². The van der Waals surface area contributed by atoms with E-state index in [1.54, 1.807) is 0 Å². The number of furan rings is 1. The SMILES string of the molecule is CP(=O)(c1ccccc1)c1cccc(-c2nc(-c3cccc(-c4ccccc4)c3)nc(-c3ccc4oc5ccccc5c4c3)n2)c1. The van der Waals surface area contributed by atoms with Crippen molar-refractivity contribution >= 4 is 39.7 Å². The van der Waals surface area contributed by atoms with Crippen molar-refractivity contribution in [1.82, 2.24) is 15.0 Å². The second kappa shape index (κ2) is 11.4. The Morgan fingerprint density at radius 1 is 0.435 bits per heavy atom. The molecule has 2 heterocycles. The number of aromatic nitrogens is 3. The summed E-state index contributed by atoms with van der Waals surface area (Å²) in [6, 6.07) is 49.9. The van der Waals surface area contributed by atoms with E-state index in [-0.39, 0.29) is 0 Å². The third kappa shape index (κ3) is 5.11. The highest BCUT2D eigenvalue weighted by Gasteiger charge is 2.22. The molecule has 0 N–H and O–H groups in total. The zero-order valence-electron chi connectivity index (χ0n) is 25.0. The molecule has 0 aliphatic rings. The molecule has 1 unspecified atom stereocenters. The molecule has 0 fully saturated rings. The number of nitrogens with zero attached hydrogens (tertiary/aromatic N) is 3. The van der Waals surface area contributed by atoms with Gasteiger partial charge in [-0.2, -0.15) is 0 Å². The minimum absolute atomic E-state index is 0.511. The maximum Gasteiger partial charge on any atom is 0.164 e. The van der Waals surface area contributed by atoms with Crippen LogP contribution in [0, 0.1) is 0 Å². The van der Waals surface area contributed by atoms with Crippen molar-refractivity contribution in [3.05, 3.63) is 152 Å². The Morgan fingerprint density at radius 3 is 1.70 bits per heavy atom. The van der Waals surface area contributed by atoms with Gasteiger partial charge in [-0.1, -0.05) is 115 Å². The second-order valence-corrected chi connectivity index (χ2v) is 14.3. The summed E-state index contributed by atoms with van der Waals surface area (Å²) in [5.74, 6) is 1.62. The molecule has 1 atom stereocenters. The van der Waals surface area contributed by atoms with Crippen LogP contribution in [0.5, 0.6) is 0 Å². The Labute approximate surface area is 266 Å². The minimum atomic E-state index is -2.85. The van der Waals surface area contributed by atoms with Gasteiger partial charge in [-0.05, 0) is 54.2 Å². The Kier molecular flexibility index (Phi) is 6.89. The van der Waals surface area contributed by atoms with E-state index < -0.39 is 7.14 Å². The number of fused-ring (bicyclic) bond motifs is 3. The molecule has 0 spiro atoms. The van der Waals surface area contributed by atoms with E-state index in [4.69, 9.17) is 19.4 Å². The number of hydrogen-bond donors (Lipinski definition) is 0. The molecule has 8 rings (SSSR count). The van der Waals surface area contributed by atoms with E-state index in [0.29, 0.717) is 17.5 Å². The molecule has 5 nitrogen and oxygen atoms in total. The molecule has 0 amide bonds. The first-order chi connectivity index (χ1) is 22.5. The van der Waals surface area contributed by atoms with Gasteiger partial charge in [0.05, 0.1) is 0 Å². The molecule has 8 aromatic rings. The number of rotatable bonds is 6. The second-order valence-electron chi connectivity index (χ2n) is 11.4. The maximum absolute atomic E-state index is 14.1. The lowest BCUT2D eigenvalue weighted by atomic mass is 10.0. The molecule has 0 bridgehead atoms. The molecule has 0 aliphatic heterocycles. The predicted molar refractivity (Wildman–Crippen MR) is 188 cm³/mol. The van der Waals surface area contributed by atoms with E-state index in [1.165, 1.54) is 0 Å². The average molecular weight is 614 g/mol. The van der Waals surface area contributed by atoms with Crippen LogP contribution in [0.3, 0.4) is 0 Å². The van der Waals surface area contributed by atoms with Gasteiger partial charge in [-0.15, -0.1) is 0 Å². The van der Waals surface area contributed by atoms with Gasteiger partial charge >= 0.3 is 0 Å². The summed E-state index contributed by atoms with van der Waals surface area (Å²) < 4.78 is 20.2. The highest BCUT2D eigenvalue weighted by molar-refractivity contribution is 7.78. The van der Waals surface area contributed by atoms with Crippen LogP contribution in [0.25, 0.3) is 67.2 Å². The standard InChI is InChI=1S/C40H28N3O2P/c1-46(44,32-17-6-3-7-18-32)33-19-11-16-30(25-33)39-41-38(29-15-10-14-28(24-29)27-12-4-2-5-13-27)42-40(43-39)31-22-23-37-35(26-31)34-20-8-9-21-36(34)45-37/h2-26H,1H3. The molecule has 0 saturated carbocycles. The fourth-order valence-corrected chi connectivity index (χ4v) is 7.66. The van der Waals surface area contributed by atoms with Crippen molar-refractivity contribution in [3.63, 3.8) is 0 Å². The van der Waals surface area contributed by atoms with Gasteiger partial charge < -0.3 is 8.98 Å². The van der Waals surface area contributed by atoms with E-state index in [1.807, 2.05) is 122 Å². The largest absolute Gasteiger partial charge is 0.456 e. The van der Waals surface area contributed by atoms with Gasteiger partial charge in [0.25, 0.3) is 0 Å². The van der Waals surface area contributed by atoms with E-state index in [9.17, 15) is 4.57 Å². The molecular weight excluding hydrogens is 585 g/mol. The zero-order valence-corrected chi connectivity index (χ0v) is 25.9. The van der Waals surface area contributed by atoms with Crippen molar-refractivity contribution < 1.29 is 8.98 Å². The van der Waals surface area contributed by atoms with Crippen molar-refractivity contribution in [3.8, 4) is 45.3 Å². The van der Waals surface area contributed by atoms with E-state index >= 15 is 0 Å². The molecule has 0 aliphatic carbocycles. The Bertz CT molecular complexity index is 2420. The van der Waals surface area contributed by atoms with Gasteiger partial charge in [0, 0.05) is 38.1 Å². The summed E-state index contributed by atoms with van der Waals surface area (Å²) in [5, 5.41) is 3.59. The van der Waals surface area contributed by atoms with Crippen LogP contribution in [-0.4, -0.2) is 21.6 Å². The van der Waals surface area contributed by atoms with Gasteiger partial charge in [-0.3, -0.25) is 0 Å². The van der Waals surface area contributed by atoms with Crippen LogP contribution in [-0.2, 0) is 4.57 Å². The molecule has 0 saturated heterocycles. The first-order valence-electron chi connectivity index (χ1n) is 15.1. The lowest BCUT2D eigenvalue weighted by Crippen LogP contribution is -2.15. The smallest absolute Gasteiger partial charge is 0.164 e. The summed E-state index contributed by atoms with van der Waals surface area (Å²) in [4.78, 5) is 15.0. The van der Waals surface area contributed by atoms with Gasteiger partial charge in [0.15, 0.2) is 17.5 Å². The molecule has 220 valence electrons. The summed E-state index contributed by atoms with van der Waals surface area (Å²) in [7, 11) is -2.85. The third-order valence-electron chi connectivity index (χ3n) is 8.34. The van der Waals surface area contributed by atoms with Crippen LogP contribution >= 0.6 is 7.14 Å². The van der Waals surface area contributed by atoms with Gasteiger partial charge in [-0.25, -0.2) is 15.0 Å². The van der Waals surface area contributed by atoms with Crippen molar-refractivity contribution in [2.75, 3.05) is 6.66 Å². The van der Waals surface area contributed by atoms with Crippen LogP contribution in [0.2, 0.25) is 0 Å². The lowest BCUT2D eigenvalue weighted by molar-refractivity contribution is 0.590. The predicted octanol–water partition coefficient (Wildman–Crippen LogP) is 9.38. The summed E-state index contributed by atoms with van der Waals surface area (Å²) in [6.07, 6.45) is 0. The Balaban J connectivity index is 1.30. The quantitative estimate of drug-likeness (QED) is 0.175. The Morgan fingerprint density at radius 2 is 0.957 bits per heavy atom. The van der Waals surface area contributed by atoms with Crippen LogP contribution < -0.4 is 10.6 Å². The minimum Gasteiger partial charge on any atom is -0.456 e. The third-order valence-corrected chi connectivity index (χ3v) is 10.9. The van der Waals surface area contributed by atoms with E-state index in [0.717, 1.165) is 60.4 Å². The number of hydrogen-bond acceptors (Lipinski definition) is 5. The number of para-hydroxylation sites is 1. The van der Waals surface area contributed by atoms with Crippen molar-refractivity contribution in [1.29, 1.82) is 0 Å². The van der Waals surface area contributed by atoms with Crippen LogP contribution in [0.4, 0.5) is 0 Å². The first-order valence-corrected chi connectivity index (χ1v) is 17.3. The van der Waals surface area contributed by atoms with Crippen molar-refractivity contribution in [2.45, 2.75) is 0 Å².